The van der Waals surface area contributed by atoms with E-state index in [2.05, 4.69) is 5.32 Å². The molecule has 218 valence electrons. The van der Waals surface area contributed by atoms with Crippen LogP contribution in [0.4, 0.5) is 0 Å². The fourth-order valence-corrected chi connectivity index (χ4v) is 6.20. The maximum atomic E-state index is 13.7. The Hall–Kier alpha value is -2.01. The van der Waals surface area contributed by atoms with Crippen molar-refractivity contribution < 1.29 is 37.6 Å². The lowest BCUT2D eigenvalue weighted by atomic mass is 9.96. The number of hydrogen-bond acceptors (Lipinski definition) is 8. The topological polar surface area (TPSA) is 135 Å². The largest absolute Gasteiger partial charge is 0.359 e. The van der Waals surface area contributed by atoms with Gasteiger partial charge in [0.15, 0.2) is 12.3 Å². The van der Waals surface area contributed by atoms with E-state index >= 15 is 0 Å². The van der Waals surface area contributed by atoms with Crippen LogP contribution in [0.2, 0.25) is 0 Å². The molecule has 0 bridgehead atoms. The summed E-state index contributed by atoms with van der Waals surface area (Å²) in [6.07, 6.45) is -0.966. The second kappa shape index (κ2) is 14.4. The van der Waals surface area contributed by atoms with Gasteiger partial charge in [-0.3, -0.25) is 28.6 Å². The highest BCUT2D eigenvalue weighted by atomic mass is 31.2. The summed E-state index contributed by atoms with van der Waals surface area (Å²) in [7, 11) is -2.24. The zero-order chi connectivity index (χ0) is 28.6. The summed E-state index contributed by atoms with van der Waals surface area (Å²) in [6, 6.07) is -0.812. The van der Waals surface area contributed by atoms with Gasteiger partial charge in [-0.1, -0.05) is 27.7 Å². The van der Waals surface area contributed by atoms with Crippen LogP contribution in [0.25, 0.3) is 0 Å². The highest BCUT2D eigenvalue weighted by molar-refractivity contribution is 7.54. The molecule has 0 aromatic rings. The molecule has 4 amide bonds. The first-order valence-electron chi connectivity index (χ1n) is 13.6. The van der Waals surface area contributed by atoms with E-state index in [1.54, 1.807) is 13.8 Å². The van der Waals surface area contributed by atoms with Crippen molar-refractivity contribution >= 4 is 31.2 Å². The minimum Gasteiger partial charge on any atom is -0.359 e. The van der Waals surface area contributed by atoms with Crippen molar-refractivity contribution in [1.82, 2.24) is 20.2 Å². The Morgan fingerprint density at radius 2 is 1.71 bits per heavy atom. The smallest absolute Gasteiger partial charge is 0.340 e. The molecule has 2 heterocycles. The summed E-state index contributed by atoms with van der Waals surface area (Å²) in [5.41, 5.74) is 0. The number of piperazine rings is 1. The van der Waals surface area contributed by atoms with Crippen LogP contribution in [-0.2, 0) is 37.6 Å². The molecule has 0 spiro atoms. The SMILES string of the molecule is CCOP(=O)(CC(=O)N1O[C@H](CC(C)C)C(=O)N2[C@@H]1CN(CCC(=O)NC)C(=O)[C@@H]2CCC(C)C)OCC. The van der Waals surface area contributed by atoms with E-state index in [9.17, 15) is 23.7 Å². The number of nitrogens with zero attached hydrogens (tertiary/aromatic N) is 3. The molecular formula is C25H45N4O8P. The summed E-state index contributed by atoms with van der Waals surface area (Å²) in [4.78, 5) is 61.8. The van der Waals surface area contributed by atoms with Gasteiger partial charge in [-0.25, -0.2) is 0 Å². The van der Waals surface area contributed by atoms with Crippen LogP contribution in [0.1, 0.15) is 67.2 Å². The Morgan fingerprint density at radius 3 is 2.24 bits per heavy atom. The second-order valence-electron chi connectivity index (χ2n) is 10.5. The molecule has 3 atom stereocenters. The van der Waals surface area contributed by atoms with Gasteiger partial charge in [-0.2, -0.15) is 5.06 Å². The molecule has 12 nitrogen and oxygen atoms in total. The molecule has 0 aliphatic carbocycles. The van der Waals surface area contributed by atoms with Crippen molar-refractivity contribution in [3.8, 4) is 0 Å². The molecule has 2 aliphatic rings. The highest BCUT2D eigenvalue weighted by Crippen LogP contribution is 2.48. The Morgan fingerprint density at radius 1 is 1.08 bits per heavy atom. The zero-order valence-corrected chi connectivity index (χ0v) is 24.7. The van der Waals surface area contributed by atoms with Gasteiger partial charge in [0.2, 0.25) is 11.8 Å². The molecule has 0 radical (unpaired) electrons. The number of hydroxylamine groups is 2. The first kappa shape index (κ1) is 32.2. The molecule has 0 saturated carbocycles. The summed E-state index contributed by atoms with van der Waals surface area (Å²) in [5.74, 6) is -1.13. The lowest BCUT2D eigenvalue weighted by Crippen LogP contribution is -2.73. The van der Waals surface area contributed by atoms with Gasteiger partial charge in [-0.05, 0) is 44.9 Å². The van der Waals surface area contributed by atoms with Crippen molar-refractivity contribution in [3.05, 3.63) is 0 Å². The molecule has 13 heteroatoms. The molecule has 1 N–H and O–H groups in total. The number of amides is 4. The van der Waals surface area contributed by atoms with Crippen LogP contribution in [0.3, 0.4) is 0 Å². The normalized spacial score (nSPS) is 22.3. The van der Waals surface area contributed by atoms with Gasteiger partial charge in [0.1, 0.15) is 12.2 Å². The molecule has 2 saturated heterocycles. The molecular weight excluding hydrogens is 515 g/mol. The Bertz CT molecular complexity index is 889. The van der Waals surface area contributed by atoms with Crippen LogP contribution >= 0.6 is 7.60 Å². The van der Waals surface area contributed by atoms with Gasteiger partial charge >= 0.3 is 7.60 Å². The van der Waals surface area contributed by atoms with Crippen molar-refractivity contribution in [2.75, 3.05) is 39.5 Å². The summed E-state index contributed by atoms with van der Waals surface area (Å²) < 4.78 is 23.8. The minimum absolute atomic E-state index is 0.0343. The standard InChI is InChI=1S/C25H45N4O8P/c1-8-35-38(34,36-9-2)16-23(31)29-22-15-27(13-12-21(30)26-7)24(32)19(11-10-17(3)4)28(22)25(33)20(37-29)14-18(5)6/h17-20,22H,8-16H2,1-7H3,(H,26,30)/t19-,20+,22-/m0/s1. The monoisotopic (exact) mass is 560 g/mol. The lowest BCUT2D eigenvalue weighted by molar-refractivity contribution is -0.275. The first-order chi connectivity index (χ1) is 17.9. The van der Waals surface area contributed by atoms with E-state index in [0.29, 0.717) is 19.3 Å². The minimum atomic E-state index is -3.76. The van der Waals surface area contributed by atoms with Crippen LogP contribution in [0.15, 0.2) is 0 Å². The third kappa shape index (κ3) is 8.24. The van der Waals surface area contributed by atoms with Crippen molar-refractivity contribution in [2.24, 2.45) is 11.8 Å². The van der Waals surface area contributed by atoms with Crippen molar-refractivity contribution in [3.63, 3.8) is 0 Å². The van der Waals surface area contributed by atoms with E-state index in [1.165, 1.54) is 16.8 Å². The van der Waals surface area contributed by atoms with E-state index < -0.39 is 38.0 Å². The average molecular weight is 561 g/mol. The summed E-state index contributed by atoms with van der Waals surface area (Å²) in [5, 5.41) is 3.63. The quantitative estimate of drug-likeness (QED) is 0.320. The Kier molecular flexibility index (Phi) is 12.2. The van der Waals surface area contributed by atoms with Gasteiger partial charge in [0.05, 0.1) is 19.8 Å². The van der Waals surface area contributed by atoms with Gasteiger partial charge in [0, 0.05) is 20.0 Å². The van der Waals surface area contributed by atoms with Crippen molar-refractivity contribution in [2.45, 2.75) is 85.5 Å². The molecule has 0 aromatic carbocycles. The number of nitrogens with one attached hydrogen (secondary N) is 1. The maximum absolute atomic E-state index is 13.7. The van der Waals surface area contributed by atoms with E-state index in [-0.39, 0.29) is 62.3 Å². The average Bonchev–Trinajstić information content (AvgIpc) is 2.83. The first-order valence-corrected chi connectivity index (χ1v) is 15.3. The molecule has 2 rings (SSSR count). The van der Waals surface area contributed by atoms with Crippen LogP contribution in [0, 0.1) is 11.8 Å². The predicted molar refractivity (Wildman–Crippen MR) is 141 cm³/mol. The number of carbonyl (C=O) groups excluding carboxylic acids is 4. The number of carbonyl (C=O) groups is 4. The van der Waals surface area contributed by atoms with Crippen LogP contribution < -0.4 is 5.32 Å². The molecule has 0 unspecified atom stereocenters. The molecule has 38 heavy (non-hydrogen) atoms. The van der Waals surface area contributed by atoms with E-state index in [4.69, 9.17) is 13.9 Å². The number of rotatable bonds is 14. The third-order valence-electron chi connectivity index (χ3n) is 6.50. The van der Waals surface area contributed by atoms with E-state index in [0.717, 1.165) is 5.06 Å². The number of hydrogen-bond donors (Lipinski definition) is 1. The lowest BCUT2D eigenvalue weighted by Gasteiger charge is -2.53. The highest BCUT2D eigenvalue weighted by Gasteiger charge is 2.53. The zero-order valence-electron chi connectivity index (χ0n) is 23.8. The predicted octanol–water partition coefficient (Wildman–Crippen LogP) is 2.38. The number of fused-ring (bicyclic) bond motifs is 1. The summed E-state index contributed by atoms with van der Waals surface area (Å²) in [6.45, 7) is 11.5. The van der Waals surface area contributed by atoms with Gasteiger partial charge in [-0.15, -0.1) is 0 Å². The molecule has 2 fully saturated rings. The van der Waals surface area contributed by atoms with Gasteiger partial charge < -0.3 is 24.2 Å². The molecule has 2 aliphatic heterocycles. The fraction of sp³-hybridized carbons (Fsp3) is 0.840. The van der Waals surface area contributed by atoms with Gasteiger partial charge in [0.25, 0.3) is 11.8 Å². The third-order valence-corrected chi connectivity index (χ3v) is 8.46. The maximum Gasteiger partial charge on any atom is 0.340 e. The second-order valence-corrected chi connectivity index (χ2v) is 12.5. The van der Waals surface area contributed by atoms with Crippen LogP contribution in [0.5, 0.6) is 0 Å². The fourth-order valence-electron chi connectivity index (χ4n) is 4.69. The Balaban J connectivity index is 2.48. The Labute approximate surface area is 226 Å². The summed E-state index contributed by atoms with van der Waals surface area (Å²) >= 11 is 0. The molecule has 0 aromatic heterocycles. The van der Waals surface area contributed by atoms with Crippen molar-refractivity contribution in [1.29, 1.82) is 0 Å². The van der Waals surface area contributed by atoms with E-state index in [1.807, 2.05) is 27.7 Å². The van der Waals surface area contributed by atoms with Crippen LogP contribution in [-0.4, -0.2) is 96.3 Å².